The molecule has 1 fully saturated rings. The van der Waals surface area contributed by atoms with Crippen molar-refractivity contribution in [3.05, 3.63) is 23.3 Å². The minimum Gasteiger partial charge on any atom is -0.493 e. The van der Waals surface area contributed by atoms with E-state index in [0.29, 0.717) is 12.0 Å². The minimum atomic E-state index is 0.511. The zero-order chi connectivity index (χ0) is 18.4. The van der Waals surface area contributed by atoms with Crippen molar-refractivity contribution >= 4 is 5.96 Å². The number of guanidine groups is 1. The summed E-state index contributed by atoms with van der Waals surface area (Å²) in [5.74, 6) is 2.21. The molecule has 0 saturated heterocycles. The van der Waals surface area contributed by atoms with Gasteiger partial charge in [-0.3, -0.25) is 9.89 Å². The van der Waals surface area contributed by atoms with Crippen molar-refractivity contribution < 1.29 is 9.47 Å². The van der Waals surface area contributed by atoms with Crippen LogP contribution in [0.3, 0.4) is 0 Å². The quantitative estimate of drug-likeness (QED) is 0.602. The second-order valence-corrected chi connectivity index (χ2v) is 7.25. The molecule has 0 unspecified atom stereocenters. The van der Waals surface area contributed by atoms with Gasteiger partial charge in [-0.15, -0.1) is 0 Å². The van der Waals surface area contributed by atoms with Crippen LogP contribution in [0, 0.1) is 0 Å². The van der Waals surface area contributed by atoms with Crippen molar-refractivity contribution in [2.24, 2.45) is 10.7 Å². The Morgan fingerprint density at radius 3 is 2.54 bits per heavy atom. The molecule has 0 spiro atoms. The number of aliphatic imine (C=N–C) groups is 1. The molecule has 1 heterocycles. The Kier molecular flexibility index (Phi) is 6.61. The number of methoxy groups -OCH3 is 2. The first-order valence-corrected chi connectivity index (χ1v) is 9.72. The molecule has 1 aliphatic heterocycles. The molecule has 0 atom stereocenters. The molecular formula is C20H32N4O2. The van der Waals surface area contributed by atoms with Crippen LogP contribution in [0.2, 0.25) is 0 Å². The van der Waals surface area contributed by atoms with Gasteiger partial charge >= 0.3 is 0 Å². The smallest absolute Gasteiger partial charge is 0.188 e. The van der Waals surface area contributed by atoms with E-state index in [1.54, 1.807) is 14.2 Å². The van der Waals surface area contributed by atoms with E-state index in [1.165, 1.54) is 43.2 Å². The third-order valence-corrected chi connectivity index (χ3v) is 5.45. The molecular weight excluding hydrogens is 328 g/mol. The van der Waals surface area contributed by atoms with E-state index in [4.69, 9.17) is 15.2 Å². The van der Waals surface area contributed by atoms with E-state index < -0.39 is 0 Å². The zero-order valence-electron chi connectivity index (χ0n) is 16.1. The third-order valence-electron chi connectivity index (χ3n) is 5.45. The van der Waals surface area contributed by atoms with E-state index in [1.807, 2.05) is 0 Å². The van der Waals surface area contributed by atoms with Crippen LogP contribution in [0.4, 0.5) is 0 Å². The lowest BCUT2D eigenvalue weighted by Crippen LogP contribution is -2.41. The fourth-order valence-corrected chi connectivity index (χ4v) is 3.95. The van der Waals surface area contributed by atoms with Crippen LogP contribution in [-0.2, 0) is 13.0 Å². The van der Waals surface area contributed by atoms with Crippen LogP contribution in [-0.4, -0.2) is 50.8 Å². The largest absolute Gasteiger partial charge is 0.493 e. The topological polar surface area (TPSA) is 72.1 Å². The van der Waals surface area contributed by atoms with Crippen LogP contribution in [0.1, 0.15) is 43.2 Å². The number of fused-ring (bicyclic) bond motifs is 1. The van der Waals surface area contributed by atoms with Crippen LogP contribution >= 0.6 is 0 Å². The Hall–Kier alpha value is -1.95. The highest BCUT2D eigenvalue weighted by atomic mass is 16.5. The maximum Gasteiger partial charge on any atom is 0.188 e. The molecule has 1 saturated carbocycles. The van der Waals surface area contributed by atoms with Crippen LogP contribution < -0.4 is 20.5 Å². The molecule has 0 radical (unpaired) electrons. The maximum atomic E-state index is 6.06. The van der Waals surface area contributed by atoms with Gasteiger partial charge in [0.05, 0.1) is 20.8 Å². The first-order valence-electron chi connectivity index (χ1n) is 9.72. The third kappa shape index (κ3) is 4.81. The average Bonchev–Trinajstić information content (AvgIpc) is 2.67. The molecule has 1 aromatic carbocycles. The predicted octanol–water partition coefficient (Wildman–Crippen LogP) is 2.30. The lowest BCUT2D eigenvalue weighted by Gasteiger charge is -2.29. The molecule has 1 aliphatic carbocycles. The van der Waals surface area contributed by atoms with Crippen molar-refractivity contribution in [2.75, 3.05) is 33.9 Å². The summed E-state index contributed by atoms with van der Waals surface area (Å²) in [5.41, 5.74) is 8.72. The van der Waals surface area contributed by atoms with E-state index >= 15 is 0 Å². The summed E-state index contributed by atoms with van der Waals surface area (Å²) in [5, 5.41) is 3.38. The van der Waals surface area contributed by atoms with Gasteiger partial charge in [-0.1, -0.05) is 19.3 Å². The molecule has 1 aromatic rings. The summed E-state index contributed by atoms with van der Waals surface area (Å²) in [6.07, 6.45) is 7.39. The fourth-order valence-electron chi connectivity index (χ4n) is 3.95. The predicted molar refractivity (Wildman–Crippen MR) is 105 cm³/mol. The van der Waals surface area contributed by atoms with Crippen molar-refractivity contribution in [3.63, 3.8) is 0 Å². The van der Waals surface area contributed by atoms with Gasteiger partial charge in [0.2, 0.25) is 0 Å². The van der Waals surface area contributed by atoms with Crippen LogP contribution in [0.15, 0.2) is 17.1 Å². The van der Waals surface area contributed by atoms with E-state index in [2.05, 4.69) is 27.3 Å². The summed E-state index contributed by atoms with van der Waals surface area (Å²) in [6.45, 7) is 3.60. The van der Waals surface area contributed by atoms with E-state index in [-0.39, 0.29) is 0 Å². The molecule has 2 aliphatic rings. The molecule has 3 N–H and O–H groups in total. The van der Waals surface area contributed by atoms with Gasteiger partial charge in [0.25, 0.3) is 0 Å². The summed E-state index contributed by atoms with van der Waals surface area (Å²) in [7, 11) is 3.37. The van der Waals surface area contributed by atoms with Gasteiger partial charge in [0.1, 0.15) is 0 Å². The summed E-state index contributed by atoms with van der Waals surface area (Å²) >= 11 is 0. The molecule has 6 heteroatoms. The lowest BCUT2D eigenvalue weighted by atomic mass is 9.96. The Morgan fingerprint density at radius 2 is 1.85 bits per heavy atom. The van der Waals surface area contributed by atoms with Crippen molar-refractivity contribution in [1.29, 1.82) is 0 Å². The fraction of sp³-hybridized carbons (Fsp3) is 0.650. The highest BCUT2D eigenvalue weighted by molar-refractivity contribution is 5.78. The first kappa shape index (κ1) is 18.8. The molecule has 0 amide bonds. The number of hydrogen-bond donors (Lipinski definition) is 2. The molecule has 3 rings (SSSR count). The highest BCUT2D eigenvalue weighted by Crippen LogP contribution is 2.33. The normalized spacial score (nSPS) is 19.1. The Balaban J connectivity index is 1.50. The average molecular weight is 361 g/mol. The summed E-state index contributed by atoms with van der Waals surface area (Å²) < 4.78 is 10.8. The van der Waals surface area contributed by atoms with Gasteiger partial charge in [-0.25, -0.2) is 0 Å². The number of hydrogen-bond acceptors (Lipinski definition) is 4. The van der Waals surface area contributed by atoms with Gasteiger partial charge < -0.3 is 20.5 Å². The monoisotopic (exact) mass is 360 g/mol. The van der Waals surface area contributed by atoms with Crippen molar-refractivity contribution in [1.82, 2.24) is 10.2 Å². The Morgan fingerprint density at radius 1 is 1.15 bits per heavy atom. The molecule has 26 heavy (non-hydrogen) atoms. The number of benzene rings is 1. The van der Waals surface area contributed by atoms with Gasteiger partial charge in [-0.2, -0.15) is 0 Å². The second kappa shape index (κ2) is 9.12. The second-order valence-electron chi connectivity index (χ2n) is 7.25. The molecule has 144 valence electrons. The number of nitrogens with one attached hydrogen (secondary N) is 1. The number of ether oxygens (including phenoxy) is 2. The summed E-state index contributed by atoms with van der Waals surface area (Å²) in [6, 6.07) is 4.72. The van der Waals surface area contributed by atoms with Crippen LogP contribution in [0.25, 0.3) is 0 Å². The molecule has 0 aromatic heterocycles. The zero-order valence-corrected chi connectivity index (χ0v) is 16.1. The number of nitrogens with zero attached hydrogens (tertiary/aromatic N) is 2. The van der Waals surface area contributed by atoms with Gasteiger partial charge in [0.15, 0.2) is 17.5 Å². The number of nitrogens with two attached hydrogens (primary N) is 1. The van der Waals surface area contributed by atoms with Crippen molar-refractivity contribution in [2.45, 2.75) is 51.1 Å². The lowest BCUT2D eigenvalue weighted by molar-refractivity contribution is 0.260. The van der Waals surface area contributed by atoms with E-state index in [0.717, 1.165) is 44.1 Å². The summed E-state index contributed by atoms with van der Waals surface area (Å²) in [4.78, 5) is 6.95. The van der Waals surface area contributed by atoms with Gasteiger partial charge in [-0.05, 0) is 42.5 Å². The molecule has 6 nitrogen and oxygen atoms in total. The van der Waals surface area contributed by atoms with E-state index in [9.17, 15) is 0 Å². The standard InChI is InChI=1S/C20H32N4O2/c1-25-18-12-15-8-10-24(14-16(15)13-19(18)26-2)11-9-22-20(21)23-17-6-4-3-5-7-17/h12-13,17H,3-11,14H2,1-2H3,(H3,21,22,23). The number of rotatable bonds is 6. The SMILES string of the molecule is COc1cc2c(cc1OC)CN(CCN=C(N)NC1CCCCC1)CC2. The Labute approximate surface area is 156 Å². The van der Waals surface area contributed by atoms with Gasteiger partial charge in [0, 0.05) is 25.7 Å². The van der Waals surface area contributed by atoms with Crippen molar-refractivity contribution in [3.8, 4) is 11.5 Å². The Bertz CT molecular complexity index is 626. The highest BCUT2D eigenvalue weighted by Gasteiger charge is 2.19. The minimum absolute atomic E-state index is 0.511. The maximum absolute atomic E-state index is 6.06. The molecule has 0 bridgehead atoms. The first-order chi connectivity index (χ1) is 12.7. The van der Waals surface area contributed by atoms with Crippen LogP contribution in [0.5, 0.6) is 11.5 Å².